The van der Waals surface area contributed by atoms with E-state index in [1.165, 1.54) is 0 Å². The molecular weight excluding hydrogens is 248 g/mol. The second kappa shape index (κ2) is 6.68. The molecule has 0 bridgehead atoms. The highest BCUT2D eigenvalue weighted by Gasteiger charge is 2.15. The first-order valence-corrected chi connectivity index (χ1v) is 6.15. The van der Waals surface area contributed by atoms with Gasteiger partial charge in [0.1, 0.15) is 4.99 Å². The molecule has 18 heavy (non-hydrogen) atoms. The lowest BCUT2D eigenvalue weighted by molar-refractivity contribution is 0.0695. The molecule has 1 aromatic rings. The molecule has 0 aliphatic heterocycles. The number of hydrogen-bond donors (Lipinski definition) is 2. The third-order valence-electron chi connectivity index (χ3n) is 2.73. The molecular formula is C13H20N2O2S. The highest BCUT2D eigenvalue weighted by molar-refractivity contribution is 7.80. The van der Waals surface area contributed by atoms with Crippen molar-refractivity contribution >= 4 is 22.9 Å². The Morgan fingerprint density at radius 3 is 2.78 bits per heavy atom. The molecule has 0 heterocycles. The number of aryl methyl sites for hydroxylation is 1. The van der Waals surface area contributed by atoms with Gasteiger partial charge in [-0.05, 0) is 18.6 Å². The summed E-state index contributed by atoms with van der Waals surface area (Å²) in [5.41, 5.74) is 8.59. The first-order chi connectivity index (χ1) is 8.47. The third-order valence-corrected chi connectivity index (χ3v) is 2.95. The molecule has 0 saturated heterocycles. The summed E-state index contributed by atoms with van der Waals surface area (Å²) in [5, 5.41) is 9.77. The fourth-order valence-electron chi connectivity index (χ4n) is 2.02. The lowest BCUT2D eigenvalue weighted by atomic mass is 10.1. The van der Waals surface area contributed by atoms with Crippen molar-refractivity contribution in [1.29, 1.82) is 0 Å². The minimum absolute atomic E-state index is 0.304. The van der Waals surface area contributed by atoms with Crippen molar-refractivity contribution in [1.82, 2.24) is 0 Å². The maximum Gasteiger partial charge on any atom is 0.106 e. The van der Waals surface area contributed by atoms with Crippen LogP contribution in [0.5, 0.6) is 0 Å². The number of ether oxygens (including phenoxy) is 1. The van der Waals surface area contributed by atoms with Gasteiger partial charge in [0.25, 0.3) is 0 Å². The van der Waals surface area contributed by atoms with Crippen LogP contribution in [0.4, 0.5) is 5.69 Å². The lowest BCUT2D eigenvalue weighted by Crippen LogP contribution is -2.33. The van der Waals surface area contributed by atoms with Crippen LogP contribution < -0.4 is 10.6 Å². The molecule has 4 nitrogen and oxygen atoms in total. The van der Waals surface area contributed by atoms with Gasteiger partial charge < -0.3 is 20.5 Å². The zero-order valence-electron chi connectivity index (χ0n) is 11.0. The number of methoxy groups -OCH3 is 1. The third kappa shape index (κ3) is 3.66. The number of aliphatic hydroxyl groups is 1. The number of nitrogens with zero attached hydrogens (tertiary/aromatic N) is 1. The van der Waals surface area contributed by atoms with Gasteiger partial charge in [0, 0.05) is 32.0 Å². The Labute approximate surface area is 113 Å². The minimum Gasteiger partial charge on any atom is -0.389 e. The topological polar surface area (TPSA) is 58.7 Å². The van der Waals surface area contributed by atoms with E-state index in [1.807, 2.05) is 37.1 Å². The molecule has 0 radical (unpaired) electrons. The van der Waals surface area contributed by atoms with E-state index in [0.717, 1.165) is 16.8 Å². The molecule has 0 fully saturated rings. The van der Waals surface area contributed by atoms with Crippen LogP contribution in [0, 0.1) is 6.92 Å². The fraction of sp³-hybridized carbons (Fsp3) is 0.462. The Balaban J connectivity index is 2.97. The van der Waals surface area contributed by atoms with E-state index in [9.17, 15) is 5.11 Å². The van der Waals surface area contributed by atoms with Gasteiger partial charge in [-0.15, -0.1) is 0 Å². The zero-order valence-corrected chi connectivity index (χ0v) is 11.8. The summed E-state index contributed by atoms with van der Waals surface area (Å²) in [6, 6.07) is 5.81. The van der Waals surface area contributed by atoms with Crippen LogP contribution in [0.2, 0.25) is 0 Å². The first kappa shape index (κ1) is 14.9. The van der Waals surface area contributed by atoms with Crippen LogP contribution in [0.15, 0.2) is 18.2 Å². The average molecular weight is 268 g/mol. The Bertz CT molecular complexity index is 423. The molecule has 1 unspecified atom stereocenters. The van der Waals surface area contributed by atoms with E-state index in [-0.39, 0.29) is 0 Å². The fourth-order valence-corrected chi connectivity index (χ4v) is 2.18. The van der Waals surface area contributed by atoms with Crippen molar-refractivity contribution in [2.45, 2.75) is 13.0 Å². The van der Waals surface area contributed by atoms with E-state index in [4.69, 9.17) is 22.7 Å². The highest BCUT2D eigenvalue weighted by atomic mass is 32.1. The number of nitrogens with two attached hydrogens (primary N) is 1. The summed E-state index contributed by atoms with van der Waals surface area (Å²) >= 11 is 5.06. The molecule has 0 spiro atoms. The molecule has 1 atom stereocenters. The zero-order chi connectivity index (χ0) is 13.7. The van der Waals surface area contributed by atoms with E-state index < -0.39 is 6.10 Å². The normalized spacial score (nSPS) is 12.2. The molecule has 0 aromatic heterocycles. The second-order valence-corrected chi connectivity index (χ2v) is 4.76. The minimum atomic E-state index is -0.543. The second-order valence-electron chi connectivity index (χ2n) is 4.33. The van der Waals surface area contributed by atoms with Gasteiger partial charge in [0.15, 0.2) is 0 Å². The molecule has 1 rings (SSSR count). The number of thiocarbonyl (C=S) groups is 1. The molecule has 0 aliphatic rings. The number of anilines is 1. The van der Waals surface area contributed by atoms with Crippen LogP contribution in [0.1, 0.15) is 11.1 Å². The molecule has 3 N–H and O–H groups in total. The van der Waals surface area contributed by atoms with Crippen LogP contribution in [0.25, 0.3) is 0 Å². The van der Waals surface area contributed by atoms with Gasteiger partial charge in [0.2, 0.25) is 0 Å². The van der Waals surface area contributed by atoms with Crippen molar-refractivity contribution < 1.29 is 9.84 Å². The number of para-hydroxylation sites is 1. The van der Waals surface area contributed by atoms with Crippen molar-refractivity contribution in [2.75, 3.05) is 32.2 Å². The van der Waals surface area contributed by atoms with Gasteiger partial charge >= 0.3 is 0 Å². The number of aliphatic hydroxyl groups excluding tert-OH is 1. The van der Waals surface area contributed by atoms with Crippen molar-refractivity contribution in [2.24, 2.45) is 5.73 Å². The van der Waals surface area contributed by atoms with Gasteiger partial charge in [0.05, 0.1) is 12.7 Å². The lowest BCUT2D eigenvalue weighted by Gasteiger charge is -2.26. The van der Waals surface area contributed by atoms with E-state index in [1.54, 1.807) is 7.11 Å². The van der Waals surface area contributed by atoms with E-state index in [2.05, 4.69) is 0 Å². The number of rotatable bonds is 6. The molecule has 5 heteroatoms. The number of benzene rings is 1. The predicted octanol–water partition coefficient (Wildman–Crippen LogP) is 1.07. The van der Waals surface area contributed by atoms with Crippen molar-refractivity contribution in [3.05, 3.63) is 29.3 Å². The summed E-state index contributed by atoms with van der Waals surface area (Å²) in [7, 11) is 3.47. The van der Waals surface area contributed by atoms with Gasteiger partial charge in [-0.2, -0.15) is 0 Å². The molecule has 0 amide bonds. The monoisotopic (exact) mass is 268 g/mol. The summed E-state index contributed by atoms with van der Waals surface area (Å²) < 4.78 is 4.92. The molecule has 1 aromatic carbocycles. The van der Waals surface area contributed by atoms with Crippen LogP contribution in [-0.4, -0.2) is 43.5 Å². The first-order valence-electron chi connectivity index (χ1n) is 5.75. The SMILES string of the molecule is COCC(O)CN(C)c1c(C)cccc1C(N)=S. The van der Waals surface area contributed by atoms with Crippen molar-refractivity contribution in [3.8, 4) is 0 Å². The maximum absolute atomic E-state index is 9.77. The van der Waals surface area contributed by atoms with Crippen molar-refractivity contribution in [3.63, 3.8) is 0 Å². The average Bonchev–Trinajstić information content (AvgIpc) is 2.28. The maximum atomic E-state index is 9.77. The molecule has 0 aliphatic carbocycles. The summed E-state index contributed by atoms with van der Waals surface area (Å²) in [6.45, 7) is 2.77. The predicted molar refractivity (Wildman–Crippen MR) is 78.2 cm³/mol. The smallest absolute Gasteiger partial charge is 0.106 e. The Kier molecular flexibility index (Phi) is 5.53. The standard InChI is InChI=1S/C13H20N2O2S/c1-9-5-4-6-11(13(14)18)12(9)15(2)7-10(16)8-17-3/h4-6,10,16H,7-8H2,1-3H3,(H2,14,18). The van der Waals surface area contributed by atoms with Gasteiger partial charge in [-0.1, -0.05) is 24.4 Å². The van der Waals surface area contributed by atoms with Crippen LogP contribution in [0.3, 0.4) is 0 Å². The summed E-state index contributed by atoms with van der Waals surface area (Å²) in [4.78, 5) is 2.31. The Morgan fingerprint density at radius 1 is 1.56 bits per heavy atom. The van der Waals surface area contributed by atoms with Gasteiger partial charge in [-0.3, -0.25) is 0 Å². The van der Waals surface area contributed by atoms with Crippen LogP contribution >= 0.6 is 12.2 Å². The number of hydrogen-bond acceptors (Lipinski definition) is 4. The quantitative estimate of drug-likeness (QED) is 0.756. The summed E-state index contributed by atoms with van der Waals surface area (Å²) in [5.74, 6) is 0. The Morgan fingerprint density at radius 2 is 2.22 bits per heavy atom. The highest BCUT2D eigenvalue weighted by Crippen LogP contribution is 2.24. The Hall–Kier alpha value is -1.17. The summed E-state index contributed by atoms with van der Waals surface area (Å²) in [6.07, 6.45) is -0.543. The van der Waals surface area contributed by atoms with E-state index >= 15 is 0 Å². The van der Waals surface area contributed by atoms with Crippen LogP contribution in [-0.2, 0) is 4.74 Å². The molecule has 100 valence electrons. The molecule has 0 saturated carbocycles. The van der Waals surface area contributed by atoms with Gasteiger partial charge in [-0.25, -0.2) is 0 Å². The number of likely N-dealkylation sites (N-methyl/N-ethyl adjacent to an activating group) is 1. The van der Waals surface area contributed by atoms with E-state index in [0.29, 0.717) is 18.1 Å². The largest absolute Gasteiger partial charge is 0.389 e.